The van der Waals surface area contributed by atoms with Gasteiger partial charge < -0.3 is 19.5 Å². The fraction of sp³-hybridized carbons (Fsp3) is 0.467. The van der Waals surface area contributed by atoms with Gasteiger partial charge >= 0.3 is 5.97 Å². The van der Waals surface area contributed by atoms with Gasteiger partial charge in [0.25, 0.3) is 0 Å². The van der Waals surface area contributed by atoms with Crippen LogP contribution < -0.4 is 4.74 Å². The molecule has 0 spiro atoms. The molecule has 1 amide bonds. The van der Waals surface area contributed by atoms with Crippen molar-refractivity contribution in [3.05, 3.63) is 29.8 Å². The number of carboxylic acids is 1. The van der Waals surface area contributed by atoms with Gasteiger partial charge in [-0.1, -0.05) is 18.2 Å². The van der Waals surface area contributed by atoms with Crippen molar-refractivity contribution in [1.82, 2.24) is 4.90 Å². The Morgan fingerprint density at radius 3 is 2.86 bits per heavy atom. The van der Waals surface area contributed by atoms with Crippen LogP contribution in [0.2, 0.25) is 0 Å². The average molecular weight is 291 g/mol. The number of aliphatic carboxylic acids is 1. The van der Waals surface area contributed by atoms with Crippen molar-refractivity contribution in [1.29, 1.82) is 0 Å². The zero-order valence-corrected chi connectivity index (χ0v) is 11.5. The molecule has 1 saturated heterocycles. The topological polar surface area (TPSA) is 76.1 Å². The van der Waals surface area contributed by atoms with Crippen LogP contribution in [0.4, 0.5) is 0 Å². The van der Waals surface area contributed by atoms with Crippen molar-refractivity contribution in [3.8, 4) is 5.75 Å². The molecule has 112 valence electrons. The quantitative estimate of drug-likeness (QED) is 0.875. The maximum atomic E-state index is 12.8. The van der Waals surface area contributed by atoms with Crippen LogP contribution in [0.1, 0.15) is 17.9 Å². The summed E-state index contributed by atoms with van der Waals surface area (Å²) in [6, 6.07) is 6.53. The van der Waals surface area contributed by atoms with Crippen molar-refractivity contribution >= 4 is 11.9 Å². The highest BCUT2D eigenvalue weighted by Gasteiger charge is 2.38. The second-order valence-electron chi connectivity index (χ2n) is 5.19. The zero-order valence-electron chi connectivity index (χ0n) is 11.5. The summed E-state index contributed by atoms with van der Waals surface area (Å²) in [5.74, 6) is -0.804. The van der Waals surface area contributed by atoms with Gasteiger partial charge in [-0.2, -0.15) is 0 Å². The molecule has 2 aliphatic heterocycles. The number of nitrogens with zero attached hydrogens (tertiary/aromatic N) is 1. The number of amides is 1. The zero-order chi connectivity index (χ0) is 14.8. The molecule has 1 fully saturated rings. The SMILES string of the molecule is O=C(O)[C@@H]1COCCN1C(=O)[C@H]1CCOc2ccccc21. The Hall–Kier alpha value is -2.08. The van der Waals surface area contributed by atoms with Crippen molar-refractivity contribution in [3.63, 3.8) is 0 Å². The van der Waals surface area contributed by atoms with Gasteiger partial charge in [0.2, 0.25) is 5.91 Å². The van der Waals surface area contributed by atoms with Gasteiger partial charge in [0.15, 0.2) is 6.04 Å². The van der Waals surface area contributed by atoms with Gasteiger partial charge in [-0.25, -0.2) is 4.79 Å². The summed E-state index contributed by atoms with van der Waals surface area (Å²) < 4.78 is 10.7. The summed E-state index contributed by atoms with van der Waals surface area (Å²) in [5, 5.41) is 9.25. The second kappa shape index (κ2) is 5.73. The van der Waals surface area contributed by atoms with Gasteiger partial charge in [-0.05, 0) is 12.5 Å². The van der Waals surface area contributed by atoms with Gasteiger partial charge in [0.05, 0.1) is 25.7 Å². The molecule has 2 heterocycles. The summed E-state index contributed by atoms with van der Waals surface area (Å²) in [4.78, 5) is 25.5. The van der Waals surface area contributed by atoms with Crippen LogP contribution in [0.15, 0.2) is 24.3 Å². The Balaban J connectivity index is 1.86. The van der Waals surface area contributed by atoms with E-state index in [4.69, 9.17) is 9.47 Å². The number of ether oxygens (including phenoxy) is 2. The van der Waals surface area contributed by atoms with Gasteiger partial charge in [-0.15, -0.1) is 0 Å². The van der Waals surface area contributed by atoms with E-state index in [1.165, 1.54) is 4.90 Å². The first-order chi connectivity index (χ1) is 10.2. The van der Waals surface area contributed by atoms with Crippen LogP contribution >= 0.6 is 0 Å². The van der Waals surface area contributed by atoms with Crippen molar-refractivity contribution in [2.24, 2.45) is 0 Å². The minimum absolute atomic E-state index is 0.0476. The Morgan fingerprint density at radius 2 is 2.05 bits per heavy atom. The number of carboxylic acid groups (broad SMARTS) is 1. The van der Waals surface area contributed by atoms with E-state index in [9.17, 15) is 14.7 Å². The van der Waals surface area contributed by atoms with E-state index in [1.54, 1.807) is 0 Å². The summed E-state index contributed by atoms with van der Waals surface area (Å²) in [6.07, 6.45) is 0.569. The summed E-state index contributed by atoms with van der Waals surface area (Å²) in [7, 11) is 0. The number of hydrogen-bond acceptors (Lipinski definition) is 4. The summed E-state index contributed by atoms with van der Waals surface area (Å²) in [5.41, 5.74) is 0.837. The molecule has 6 heteroatoms. The molecule has 0 aromatic heterocycles. The number of carbonyl (C=O) groups excluding carboxylic acids is 1. The molecular formula is C15H17NO5. The lowest BCUT2D eigenvalue weighted by molar-refractivity contribution is -0.159. The van der Waals surface area contributed by atoms with Crippen LogP contribution in [0, 0.1) is 0 Å². The fourth-order valence-corrected chi connectivity index (χ4v) is 2.87. The number of hydrogen-bond donors (Lipinski definition) is 1. The molecule has 6 nitrogen and oxygen atoms in total. The number of benzene rings is 1. The Kier molecular flexibility index (Phi) is 3.79. The highest BCUT2D eigenvalue weighted by molar-refractivity contribution is 5.89. The summed E-state index contributed by atoms with van der Waals surface area (Å²) >= 11 is 0. The van der Waals surface area contributed by atoms with Gasteiger partial charge in [-0.3, -0.25) is 4.79 Å². The third-order valence-electron chi connectivity index (χ3n) is 3.95. The predicted octanol–water partition coefficient (Wildman–Crippen LogP) is 0.865. The lowest BCUT2D eigenvalue weighted by Crippen LogP contribution is -2.54. The lowest BCUT2D eigenvalue weighted by atomic mass is 9.91. The largest absolute Gasteiger partial charge is 0.493 e. The van der Waals surface area contributed by atoms with E-state index in [0.717, 1.165) is 5.56 Å². The monoisotopic (exact) mass is 291 g/mol. The maximum absolute atomic E-state index is 12.8. The Morgan fingerprint density at radius 1 is 1.24 bits per heavy atom. The van der Waals surface area contributed by atoms with Crippen LogP contribution in [0.5, 0.6) is 5.75 Å². The van der Waals surface area contributed by atoms with E-state index < -0.39 is 12.0 Å². The number of para-hydroxylation sites is 1. The number of carbonyl (C=O) groups is 2. The molecular weight excluding hydrogens is 274 g/mol. The maximum Gasteiger partial charge on any atom is 0.328 e. The van der Waals surface area contributed by atoms with Crippen molar-refractivity contribution in [2.75, 3.05) is 26.4 Å². The minimum atomic E-state index is -1.02. The fourth-order valence-electron chi connectivity index (χ4n) is 2.87. The molecule has 0 bridgehead atoms. The van der Waals surface area contributed by atoms with E-state index in [2.05, 4.69) is 0 Å². The van der Waals surface area contributed by atoms with Crippen LogP contribution in [-0.2, 0) is 14.3 Å². The molecule has 2 atom stereocenters. The summed E-state index contributed by atoms with van der Waals surface area (Å²) in [6.45, 7) is 1.21. The second-order valence-corrected chi connectivity index (χ2v) is 5.19. The molecule has 0 radical (unpaired) electrons. The van der Waals surface area contributed by atoms with Crippen molar-refractivity contribution < 1.29 is 24.2 Å². The number of morpholine rings is 1. The van der Waals surface area contributed by atoms with Gasteiger partial charge in [0.1, 0.15) is 5.75 Å². The highest BCUT2D eigenvalue weighted by atomic mass is 16.5. The van der Waals surface area contributed by atoms with E-state index in [-0.39, 0.29) is 18.4 Å². The molecule has 0 unspecified atom stereocenters. The molecule has 0 aliphatic carbocycles. The number of rotatable bonds is 2. The van der Waals surface area contributed by atoms with Crippen LogP contribution in [-0.4, -0.2) is 54.3 Å². The molecule has 2 aliphatic rings. The first kappa shape index (κ1) is 13.9. The van der Waals surface area contributed by atoms with Gasteiger partial charge in [0, 0.05) is 12.1 Å². The smallest absolute Gasteiger partial charge is 0.328 e. The van der Waals surface area contributed by atoms with Crippen LogP contribution in [0.25, 0.3) is 0 Å². The molecule has 0 saturated carbocycles. The number of fused-ring (bicyclic) bond motifs is 1. The standard InChI is InChI=1S/C15H17NO5/c17-14(16-6-8-20-9-12(16)15(18)19)11-5-7-21-13-4-2-1-3-10(11)13/h1-4,11-12H,5-9H2,(H,18,19)/t11-,12-/m0/s1. The molecule has 1 aromatic rings. The Bertz CT molecular complexity index is 559. The molecule has 1 aromatic carbocycles. The minimum Gasteiger partial charge on any atom is -0.493 e. The van der Waals surface area contributed by atoms with Crippen molar-refractivity contribution in [2.45, 2.75) is 18.4 Å². The first-order valence-electron chi connectivity index (χ1n) is 7.01. The third-order valence-corrected chi connectivity index (χ3v) is 3.95. The highest BCUT2D eigenvalue weighted by Crippen LogP contribution is 2.35. The average Bonchev–Trinajstić information content (AvgIpc) is 2.53. The first-order valence-corrected chi connectivity index (χ1v) is 7.01. The van der Waals surface area contributed by atoms with E-state index >= 15 is 0 Å². The van der Waals surface area contributed by atoms with E-state index in [0.29, 0.717) is 31.9 Å². The lowest BCUT2D eigenvalue weighted by Gasteiger charge is -2.36. The third kappa shape index (κ3) is 2.58. The molecule has 3 rings (SSSR count). The van der Waals surface area contributed by atoms with Crippen LogP contribution in [0.3, 0.4) is 0 Å². The predicted molar refractivity (Wildman–Crippen MR) is 73.3 cm³/mol. The molecule has 1 N–H and O–H groups in total. The Labute approximate surface area is 122 Å². The van der Waals surface area contributed by atoms with E-state index in [1.807, 2.05) is 24.3 Å². The molecule has 21 heavy (non-hydrogen) atoms. The normalized spacial score (nSPS) is 24.9.